The summed E-state index contributed by atoms with van der Waals surface area (Å²) in [6.45, 7) is 10.6. The van der Waals surface area contributed by atoms with Crippen molar-refractivity contribution in [3.63, 3.8) is 0 Å². The van der Waals surface area contributed by atoms with E-state index in [4.69, 9.17) is 9.72 Å². The quantitative estimate of drug-likeness (QED) is 0.758. The summed E-state index contributed by atoms with van der Waals surface area (Å²) in [5.41, 5.74) is 1.22. The van der Waals surface area contributed by atoms with Gasteiger partial charge in [-0.1, -0.05) is 20.8 Å². The lowest BCUT2D eigenvalue weighted by molar-refractivity contribution is 0.119. The van der Waals surface area contributed by atoms with Crippen LogP contribution in [0.1, 0.15) is 61.7 Å². The van der Waals surface area contributed by atoms with E-state index in [1.807, 2.05) is 6.92 Å². The first-order chi connectivity index (χ1) is 8.10. The monoisotopic (exact) mass is 256 g/mol. The molecule has 0 fully saturated rings. The minimum atomic E-state index is 0.0948. The van der Waals surface area contributed by atoms with Crippen LogP contribution in [-0.2, 0) is 11.3 Å². The summed E-state index contributed by atoms with van der Waals surface area (Å²) in [7, 11) is 1.73. The van der Waals surface area contributed by atoms with Crippen molar-refractivity contribution in [3.05, 3.63) is 15.6 Å². The van der Waals surface area contributed by atoms with Crippen LogP contribution in [0.5, 0.6) is 0 Å². The molecule has 3 nitrogen and oxygen atoms in total. The Balaban J connectivity index is 2.81. The van der Waals surface area contributed by atoms with Gasteiger partial charge in [0.15, 0.2) is 0 Å². The SMILES string of the molecule is CCCNCc1sc(C(C)OC)nc1C(C)C. The first-order valence-electron chi connectivity index (χ1n) is 6.33. The maximum Gasteiger partial charge on any atom is 0.122 e. The number of thiazole rings is 1. The Morgan fingerprint density at radius 1 is 1.35 bits per heavy atom. The van der Waals surface area contributed by atoms with E-state index in [1.165, 1.54) is 10.6 Å². The summed E-state index contributed by atoms with van der Waals surface area (Å²) in [6.07, 6.45) is 1.26. The van der Waals surface area contributed by atoms with E-state index in [0.717, 1.165) is 24.5 Å². The van der Waals surface area contributed by atoms with E-state index in [0.29, 0.717) is 5.92 Å². The number of rotatable bonds is 7. The summed E-state index contributed by atoms with van der Waals surface area (Å²) in [6, 6.07) is 0. The molecule has 98 valence electrons. The standard InChI is InChI=1S/C13H24N2OS/c1-6-7-14-8-11-12(9(2)3)15-13(17-11)10(4)16-5/h9-10,14H,6-8H2,1-5H3. The first kappa shape index (κ1) is 14.6. The molecule has 1 aromatic rings. The van der Waals surface area contributed by atoms with Gasteiger partial charge in [0.2, 0.25) is 0 Å². The van der Waals surface area contributed by atoms with Crippen molar-refractivity contribution in [2.24, 2.45) is 0 Å². The van der Waals surface area contributed by atoms with E-state index in [1.54, 1.807) is 18.4 Å². The van der Waals surface area contributed by atoms with Gasteiger partial charge in [-0.25, -0.2) is 4.98 Å². The van der Waals surface area contributed by atoms with E-state index < -0.39 is 0 Å². The van der Waals surface area contributed by atoms with Crippen LogP contribution >= 0.6 is 11.3 Å². The minimum absolute atomic E-state index is 0.0948. The highest BCUT2D eigenvalue weighted by Crippen LogP contribution is 2.29. The Kier molecular flexibility index (Phi) is 6.09. The number of hydrogen-bond donors (Lipinski definition) is 1. The molecule has 0 aromatic carbocycles. The third kappa shape index (κ3) is 4.05. The normalized spacial score (nSPS) is 13.3. The molecule has 0 bridgehead atoms. The molecule has 0 aliphatic heterocycles. The van der Waals surface area contributed by atoms with Gasteiger partial charge in [0, 0.05) is 18.5 Å². The van der Waals surface area contributed by atoms with E-state index >= 15 is 0 Å². The average molecular weight is 256 g/mol. The summed E-state index contributed by atoms with van der Waals surface area (Å²) >= 11 is 1.77. The Morgan fingerprint density at radius 3 is 2.59 bits per heavy atom. The van der Waals surface area contributed by atoms with Crippen molar-refractivity contribution in [3.8, 4) is 0 Å². The molecular formula is C13H24N2OS. The molecule has 4 heteroatoms. The largest absolute Gasteiger partial charge is 0.375 e. The van der Waals surface area contributed by atoms with Crippen molar-refractivity contribution in [1.29, 1.82) is 0 Å². The zero-order valence-electron chi connectivity index (χ0n) is 11.5. The van der Waals surface area contributed by atoms with Crippen molar-refractivity contribution >= 4 is 11.3 Å². The highest BCUT2D eigenvalue weighted by Gasteiger charge is 2.17. The van der Waals surface area contributed by atoms with Crippen molar-refractivity contribution in [2.45, 2.75) is 52.7 Å². The van der Waals surface area contributed by atoms with Crippen molar-refractivity contribution in [2.75, 3.05) is 13.7 Å². The lowest BCUT2D eigenvalue weighted by Gasteiger charge is -2.05. The summed E-state index contributed by atoms with van der Waals surface area (Å²) in [4.78, 5) is 6.07. The molecule has 17 heavy (non-hydrogen) atoms. The smallest absolute Gasteiger partial charge is 0.122 e. The van der Waals surface area contributed by atoms with Crippen LogP contribution in [0.3, 0.4) is 0 Å². The van der Waals surface area contributed by atoms with Gasteiger partial charge in [-0.05, 0) is 25.8 Å². The predicted octanol–water partition coefficient (Wildman–Crippen LogP) is 3.47. The topological polar surface area (TPSA) is 34.1 Å². The molecule has 0 amide bonds. The Hall–Kier alpha value is -0.450. The Labute approximate surface area is 109 Å². The number of nitrogens with zero attached hydrogens (tertiary/aromatic N) is 1. The van der Waals surface area contributed by atoms with Crippen molar-refractivity contribution in [1.82, 2.24) is 10.3 Å². The van der Waals surface area contributed by atoms with Gasteiger partial charge in [-0.15, -0.1) is 11.3 Å². The predicted molar refractivity (Wildman–Crippen MR) is 73.6 cm³/mol. The minimum Gasteiger partial charge on any atom is -0.375 e. The first-order valence-corrected chi connectivity index (χ1v) is 7.14. The van der Waals surface area contributed by atoms with E-state index in [-0.39, 0.29) is 6.10 Å². The summed E-state index contributed by atoms with van der Waals surface area (Å²) in [5, 5.41) is 4.53. The molecule has 1 atom stereocenters. The Bertz CT molecular complexity index is 336. The summed E-state index contributed by atoms with van der Waals surface area (Å²) < 4.78 is 5.34. The van der Waals surface area contributed by atoms with Gasteiger partial charge in [0.25, 0.3) is 0 Å². The number of hydrogen-bond acceptors (Lipinski definition) is 4. The Morgan fingerprint density at radius 2 is 2.06 bits per heavy atom. The fourth-order valence-corrected chi connectivity index (χ4v) is 2.83. The second-order valence-electron chi connectivity index (χ2n) is 4.57. The van der Waals surface area contributed by atoms with Gasteiger partial charge in [0.1, 0.15) is 11.1 Å². The van der Waals surface area contributed by atoms with Crippen LogP contribution in [0.4, 0.5) is 0 Å². The number of nitrogens with one attached hydrogen (secondary N) is 1. The lowest BCUT2D eigenvalue weighted by atomic mass is 10.1. The van der Waals surface area contributed by atoms with Gasteiger partial charge < -0.3 is 10.1 Å². The highest BCUT2D eigenvalue weighted by molar-refractivity contribution is 7.11. The molecular weight excluding hydrogens is 232 g/mol. The van der Waals surface area contributed by atoms with Gasteiger partial charge in [-0.2, -0.15) is 0 Å². The van der Waals surface area contributed by atoms with Gasteiger partial charge in [-0.3, -0.25) is 0 Å². The zero-order chi connectivity index (χ0) is 12.8. The van der Waals surface area contributed by atoms with E-state index in [9.17, 15) is 0 Å². The molecule has 1 rings (SSSR count). The fourth-order valence-electron chi connectivity index (χ4n) is 1.61. The molecule has 0 saturated carbocycles. The van der Waals surface area contributed by atoms with Crippen LogP contribution in [0.25, 0.3) is 0 Å². The van der Waals surface area contributed by atoms with E-state index in [2.05, 4.69) is 26.1 Å². The second kappa shape index (κ2) is 7.09. The molecule has 1 unspecified atom stereocenters. The van der Waals surface area contributed by atoms with Crippen LogP contribution in [0.2, 0.25) is 0 Å². The number of ether oxygens (including phenoxy) is 1. The number of methoxy groups -OCH3 is 1. The van der Waals surface area contributed by atoms with Crippen LogP contribution in [-0.4, -0.2) is 18.6 Å². The molecule has 1 aromatic heterocycles. The zero-order valence-corrected chi connectivity index (χ0v) is 12.4. The molecule has 0 aliphatic carbocycles. The highest BCUT2D eigenvalue weighted by atomic mass is 32.1. The number of aromatic nitrogens is 1. The van der Waals surface area contributed by atoms with Crippen LogP contribution in [0.15, 0.2) is 0 Å². The fraction of sp³-hybridized carbons (Fsp3) is 0.769. The third-order valence-electron chi connectivity index (χ3n) is 2.70. The summed E-state index contributed by atoms with van der Waals surface area (Å²) in [5.74, 6) is 0.475. The van der Waals surface area contributed by atoms with Gasteiger partial charge in [0.05, 0.1) is 5.69 Å². The molecule has 1 heterocycles. The lowest BCUT2D eigenvalue weighted by Crippen LogP contribution is -2.14. The molecule has 0 saturated heterocycles. The third-order valence-corrected chi connectivity index (χ3v) is 3.94. The van der Waals surface area contributed by atoms with Gasteiger partial charge >= 0.3 is 0 Å². The molecule has 1 N–H and O–H groups in total. The molecule has 0 radical (unpaired) electrons. The maximum absolute atomic E-state index is 5.34. The van der Waals surface area contributed by atoms with Crippen molar-refractivity contribution < 1.29 is 4.74 Å². The second-order valence-corrected chi connectivity index (χ2v) is 5.69. The average Bonchev–Trinajstić information content (AvgIpc) is 2.73. The molecule has 0 aliphatic rings. The van der Waals surface area contributed by atoms with Crippen LogP contribution < -0.4 is 5.32 Å². The maximum atomic E-state index is 5.34. The molecule has 0 spiro atoms. The van der Waals surface area contributed by atoms with Crippen LogP contribution in [0, 0.1) is 0 Å².